The van der Waals surface area contributed by atoms with Crippen molar-refractivity contribution in [1.29, 1.82) is 0 Å². The number of rotatable bonds is 5. The van der Waals surface area contributed by atoms with Gasteiger partial charge in [0.1, 0.15) is 0 Å². The van der Waals surface area contributed by atoms with Gasteiger partial charge in [-0.15, -0.1) is 11.3 Å². The Hall–Kier alpha value is -2.27. The normalized spacial score (nSPS) is 16.8. The van der Waals surface area contributed by atoms with Crippen molar-refractivity contribution in [1.82, 2.24) is 4.90 Å². The predicted molar refractivity (Wildman–Crippen MR) is 101 cm³/mol. The molecular weight excluding hydrogens is 334 g/mol. The van der Waals surface area contributed by atoms with E-state index in [2.05, 4.69) is 11.4 Å². The van der Waals surface area contributed by atoms with E-state index in [-0.39, 0.29) is 11.9 Å². The van der Waals surface area contributed by atoms with Gasteiger partial charge >= 0.3 is 0 Å². The fourth-order valence-corrected chi connectivity index (χ4v) is 4.11. The maximum atomic E-state index is 12.7. The van der Waals surface area contributed by atoms with Gasteiger partial charge in [-0.2, -0.15) is 0 Å². The van der Waals surface area contributed by atoms with Crippen molar-refractivity contribution in [3.05, 3.63) is 57.8 Å². The molecule has 1 aliphatic rings. The maximum absolute atomic E-state index is 12.7. The van der Waals surface area contributed by atoms with Crippen LogP contribution in [0.3, 0.4) is 0 Å². The van der Waals surface area contributed by atoms with Crippen LogP contribution in [0.5, 0.6) is 11.5 Å². The zero-order valence-electron chi connectivity index (χ0n) is 14.8. The summed E-state index contributed by atoms with van der Waals surface area (Å²) in [6.07, 6.45) is 5.26. The Labute approximate surface area is 152 Å². The van der Waals surface area contributed by atoms with Gasteiger partial charge in [0.2, 0.25) is 5.91 Å². The summed E-state index contributed by atoms with van der Waals surface area (Å²) in [6.45, 7) is 2.72. The van der Waals surface area contributed by atoms with Gasteiger partial charge in [-0.25, -0.2) is 0 Å². The average molecular weight is 357 g/mol. The van der Waals surface area contributed by atoms with Crippen molar-refractivity contribution in [2.75, 3.05) is 20.8 Å². The third-order valence-electron chi connectivity index (χ3n) is 4.47. The molecule has 0 aliphatic carbocycles. The number of allylic oxidation sites excluding steroid dienone is 1. The molecule has 1 unspecified atom stereocenters. The van der Waals surface area contributed by atoms with Gasteiger partial charge in [0.25, 0.3) is 0 Å². The van der Waals surface area contributed by atoms with Gasteiger partial charge < -0.3 is 14.4 Å². The third-order valence-corrected chi connectivity index (χ3v) is 5.39. The number of carbonyl (C=O) groups excluding carboxylic acids is 1. The number of ether oxygens (including phenoxy) is 2. The molecule has 4 nitrogen and oxygen atoms in total. The second-order valence-electron chi connectivity index (χ2n) is 5.92. The van der Waals surface area contributed by atoms with Crippen LogP contribution in [0.1, 0.15) is 35.4 Å². The number of fused-ring (bicyclic) bond motifs is 1. The maximum Gasteiger partial charge on any atom is 0.247 e. The van der Waals surface area contributed by atoms with Crippen molar-refractivity contribution in [2.45, 2.75) is 25.8 Å². The monoisotopic (exact) mass is 357 g/mol. The van der Waals surface area contributed by atoms with Gasteiger partial charge in [0.05, 0.1) is 20.3 Å². The minimum absolute atomic E-state index is 0.0562. The number of carbonyl (C=O) groups is 1. The van der Waals surface area contributed by atoms with Crippen LogP contribution in [0.2, 0.25) is 0 Å². The first-order valence-electron chi connectivity index (χ1n) is 8.45. The molecule has 1 aromatic carbocycles. The van der Waals surface area contributed by atoms with Crippen molar-refractivity contribution in [2.24, 2.45) is 0 Å². The second kappa shape index (κ2) is 7.74. The zero-order chi connectivity index (χ0) is 17.8. The van der Waals surface area contributed by atoms with Gasteiger partial charge in [0.15, 0.2) is 11.5 Å². The molecule has 0 bridgehead atoms. The lowest BCUT2D eigenvalue weighted by atomic mass is 9.90. The molecule has 0 N–H and O–H groups in total. The Morgan fingerprint density at radius 2 is 2.08 bits per heavy atom. The van der Waals surface area contributed by atoms with Crippen molar-refractivity contribution in [3.63, 3.8) is 0 Å². The van der Waals surface area contributed by atoms with E-state index in [1.165, 1.54) is 5.56 Å². The van der Waals surface area contributed by atoms with Gasteiger partial charge in [-0.1, -0.05) is 19.1 Å². The Bertz CT molecular complexity index is 767. The summed E-state index contributed by atoms with van der Waals surface area (Å²) in [4.78, 5) is 15.8. The molecule has 0 radical (unpaired) electrons. The fourth-order valence-electron chi connectivity index (χ4n) is 3.25. The standard InChI is InChI=1S/C20H23NO3S/c1-4-5-8-19(22)21-10-9-14-12-16(23-2)17(24-3)13-15(14)20(21)18-7-6-11-25-18/h5-8,11-13,20H,4,9-10H2,1-3H3. The lowest BCUT2D eigenvalue weighted by molar-refractivity contribution is -0.128. The Balaban J connectivity index is 2.09. The highest BCUT2D eigenvalue weighted by Crippen LogP contribution is 2.42. The van der Waals surface area contributed by atoms with Crippen LogP contribution in [-0.4, -0.2) is 31.6 Å². The molecule has 1 aliphatic heterocycles. The number of thiophene rings is 1. The summed E-state index contributed by atoms with van der Waals surface area (Å²) in [7, 11) is 3.29. The largest absolute Gasteiger partial charge is 0.493 e. The smallest absolute Gasteiger partial charge is 0.247 e. The van der Waals surface area contributed by atoms with Crippen LogP contribution in [0, 0.1) is 0 Å². The molecule has 25 heavy (non-hydrogen) atoms. The first-order valence-corrected chi connectivity index (χ1v) is 9.32. The Morgan fingerprint density at radius 3 is 2.72 bits per heavy atom. The molecule has 2 heterocycles. The molecule has 1 amide bonds. The van der Waals surface area contributed by atoms with E-state index in [1.807, 2.05) is 36.1 Å². The van der Waals surface area contributed by atoms with Crippen LogP contribution < -0.4 is 9.47 Å². The van der Waals surface area contributed by atoms with Crippen LogP contribution >= 0.6 is 11.3 Å². The average Bonchev–Trinajstić information content (AvgIpc) is 3.18. The minimum Gasteiger partial charge on any atom is -0.493 e. The Morgan fingerprint density at radius 1 is 1.32 bits per heavy atom. The van der Waals surface area contributed by atoms with Crippen LogP contribution in [0.15, 0.2) is 41.8 Å². The quantitative estimate of drug-likeness (QED) is 0.753. The summed E-state index contributed by atoms with van der Waals surface area (Å²) in [5.41, 5.74) is 2.32. The zero-order valence-corrected chi connectivity index (χ0v) is 15.6. The summed E-state index contributed by atoms with van der Waals surface area (Å²) in [5, 5.41) is 2.05. The SMILES string of the molecule is CCC=CC(=O)N1CCc2cc(OC)c(OC)cc2C1c1cccs1. The summed E-state index contributed by atoms with van der Waals surface area (Å²) in [5.74, 6) is 1.48. The molecule has 3 rings (SSSR count). The lowest BCUT2D eigenvalue weighted by Gasteiger charge is -2.37. The van der Waals surface area contributed by atoms with Crippen molar-refractivity contribution < 1.29 is 14.3 Å². The molecule has 1 atom stereocenters. The molecular formula is C20H23NO3S. The summed E-state index contributed by atoms with van der Waals surface area (Å²) in [6, 6.07) is 8.09. The number of amides is 1. The number of benzene rings is 1. The molecule has 1 aromatic heterocycles. The molecule has 0 spiro atoms. The van der Waals surface area contributed by atoms with Crippen molar-refractivity contribution in [3.8, 4) is 11.5 Å². The van der Waals surface area contributed by atoms with Crippen molar-refractivity contribution >= 4 is 17.2 Å². The first kappa shape index (κ1) is 17.5. The number of nitrogens with zero attached hydrogens (tertiary/aromatic N) is 1. The fraction of sp³-hybridized carbons (Fsp3) is 0.350. The minimum atomic E-state index is -0.0856. The molecule has 5 heteroatoms. The van der Waals surface area contributed by atoms with E-state index < -0.39 is 0 Å². The molecule has 2 aromatic rings. The van der Waals surface area contributed by atoms with E-state index in [9.17, 15) is 4.79 Å². The number of hydrogen-bond acceptors (Lipinski definition) is 4. The summed E-state index contributed by atoms with van der Waals surface area (Å²) >= 11 is 1.67. The van der Waals surface area contributed by atoms with E-state index in [1.54, 1.807) is 31.6 Å². The van der Waals surface area contributed by atoms with Gasteiger partial charge in [-0.3, -0.25) is 4.79 Å². The van der Waals surface area contributed by atoms with E-state index >= 15 is 0 Å². The van der Waals surface area contributed by atoms with Crippen LogP contribution in [-0.2, 0) is 11.2 Å². The van der Waals surface area contributed by atoms with Gasteiger partial charge in [0, 0.05) is 11.4 Å². The highest BCUT2D eigenvalue weighted by atomic mass is 32.1. The molecule has 0 fully saturated rings. The third kappa shape index (κ3) is 3.42. The van der Waals surface area contributed by atoms with Crippen LogP contribution in [0.4, 0.5) is 0 Å². The second-order valence-corrected chi connectivity index (χ2v) is 6.90. The topological polar surface area (TPSA) is 38.8 Å². The van der Waals surface area contributed by atoms with E-state index in [4.69, 9.17) is 9.47 Å². The molecule has 132 valence electrons. The number of hydrogen-bond donors (Lipinski definition) is 0. The lowest BCUT2D eigenvalue weighted by Crippen LogP contribution is -2.39. The number of methoxy groups -OCH3 is 2. The first-order chi connectivity index (χ1) is 12.2. The Kier molecular flexibility index (Phi) is 5.43. The molecule has 0 saturated carbocycles. The van der Waals surface area contributed by atoms with Gasteiger partial charge in [-0.05, 0) is 53.6 Å². The van der Waals surface area contributed by atoms with E-state index in [0.717, 1.165) is 29.0 Å². The highest BCUT2D eigenvalue weighted by molar-refractivity contribution is 7.10. The van der Waals surface area contributed by atoms with Crippen LogP contribution in [0.25, 0.3) is 0 Å². The predicted octanol–water partition coefficient (Wildman–Crippen LogP) is 4.21. The van der Waals surface area contributed by atoms with E-state index in [0.29, 0.717) is 12.3 Å². The molecule has 0 saturated heterocycles. The highest BCUT2D eigenvalue weighted by Gasteiger charge is 2.33. The summed E-state index contributed by atoms with van der Waals surface area (Å²) < 4.78 is 10.9.